The van der Waals surface area contributed by atoms with E-state index in [0.29, 0.717) is 31.1 Å². The van der Waals surface area contributed by atoms with Crippen LogP contribution in [0, 0.1) is 0 Å². The third-order valence-electron chi connectivity index (χ3n) is 10.5. The number of hydrogen-bond acceptors (Lipinski definition) is 14. The van der Waals surface area contributed by atoms with Gasteiger partial charge in [0.15, 0.2) is 0 Å². The van der Waals surface area contributed by atoms with Crippen LogP contribution in [0.4, 0.5) is 9.59 Å². The Morgan fingerprint density at radius 2 is 0.969 bits per heavy atom. The van der Waals surface area contributed by atoms with Gasteiger partial charge in [-0.25, -0.2) is 9.59 Å². The van der Waals surface area contributed by atoms with Crippen molar-refractivity contribution >= 4 is 59.6 Å². The van der Waals surface area contributed by atoms with Gasteiger partial charge >= 0.3 is 24.2 Å². The summed E-state index contributed by atoms with van der Waals surface area (Å²) in [4.78, 5) is 126. The molecule has 2 aromatic rings. The van der Waals surface area contributed by atoms with Crippen LogP contribution in [-0.2, 0) is 57.6 Å². The summed E-state index contributed by atoms with van der Waals surface area (Å²) in [6.45, 7) is 3.00. The lowest BCUT2D eigenvalue weighted by molar-refractivity contribution is -0.198. The van der Waals surface area contributed by atoms with Gasteiger partial charge in [-0.3, -0.25) is 43.2 Å². The molecule has 346 valence electrons. The van der Waals surface area contributed by atoms with Gasteiger partial charge in [-0.2, -0.15) is 4.79 Å². The van der Waals surface area contributed by atoms with Crippen molar-refractivity contribution in [3.63, 3.8) is 0 Å². The number of alkyl carbamates (subject to hydrolysis) is 1. The zero-order valence-corrected chi connectivity index (χ0v) is 36.0. The molecule has 1 aliphatic carbocycles. The number of ether oxygens (including phenoxy) is 1. The Kier molecular flexibility index (Phi) is 20.4. The number of amides is 7. The number of carbonyl (C=O) groups excluding carboxylic acids is 9. The fraction of sp³-hybridized carbons (Fsp3) is 0.511. The van der Waals surface area contributed by atoms with Crippen LogP contribution >= 0.6 is 0 Å². The molecule has 7 amide bonds. The van der Waals surface area contributed by atoms with E-state index < -0.39 is 59.6 Å². The highest BCUT2D eigenvalue weighted by Gasteiger charge is 2.38. The first kappa shape index (κ1) is 50.0. The zero-order chi connectivity index (χ0) is 46.4. The second kappa shape index (κ2) is 26.1. The summed E-state index contributed by atoms with van der Waals surface area (Å²) >= 11 is 0. The van der Waals surface area contributed by atoms with E-state index in [2.05, 4.69) is 46.2 Å². The maximum Gasteiger partial charge on any atom is 0.560 e. The molecule has 64 heavy (non-hydrogen) atoms. The normalized spacial score (nSPS) is 15.2. The summed E-state index contributed by atoms with van der Waals surface area (Å²) in [5.41, 5.74) is 4.76. The predicted molar refractivity (Wildman–Crippen MR) is 223 cm³/mol. The minimum atomic E-state index is -1.48. The molecule has 0 radical (unpaired) electrons. The van der Waals surface area contributed by atoms with Gasteiger partial charge in [0.05, 0.1) is 0 Å². The maximum atomic E-state index is 12.2. The van der Waals surface area contributed by atoms with Crippen molar-refractivity contribution in [2.75, 3.05) is 13.2 Å². The number of fused-ring (bicyclic) bond motifs is 3. The molecule has 3 heterocycles. The summed E-state index contributed by atoms with van der Waals surface area (Å²) in [5.74, 6) is -4.86. The highest BCUT2D eigenvalue weighted by atomic mass is 16.9. The Balaban J connectivity index is 0.000000256. The number of unbranched alkanes of at least 4 members (excludes halogenated alkanes) is 9. The van der Waals surface area contributed by atoms with E-state index in [0.717, 1.165) is 38.5 Å². The van der Waals surface area contributed by atoms with Crippen LogP contribution < -0.4 is 5.32 Å². The van der Waals surface area contributed by atoms with Crippen molar-refractivity contribution in [2.24, 2.45) is 0 Å². The second-order valence-corrected chi connectivity index (χ2v) is 15.3. The molecule has 3 aliphatic heterocycles. The standard InChI is InChI=1S/C27H30N2O6.C9H8N2O7.C9H18O2/c30-24-15-16-25(31)29(24)35-26(32)14-4-2-1-3-9-17-28-27(33)34-18-23-21-12-7-5-10-19(21)20-11-6-8-13-22(20)23;12-5-1-2-6(13)10(5)17-9(16)18-11-7(14)3-4-8(11)15;1-2-3-4-5-6-7-8-9(10)11/h5-8,10-13,23H,1-4,9,14-18H2,(H,28,33);1-4H2;2-8H2,1H3,(H,10,11). The Morgan fingerprint density at radius 3 is 1.44 bits per heavy atom. The molecule has 0 atom stereocenters. The van der Waals surface area contributed by atoms with E-state index >= 15 is 0 Å². The topological polar surface area (TPSA) is 250 Å². The molecular weight excluding hydrogens is 837 g/mol. The van der Waals surface area contributed by atoms with E-state index in [4.69, 9.17) is 14.7 Å². The van der Waals surface area contributed by atoms with Crippen molar-refractivity contribution in [3.05, 3.63) is 59.7 Å². The summed E-state index contributed by atoms with van der Waals surface area (Å²) in [7, 11) is 0. The molecule has 0 unspecified atom stereocenters. The van der Waals surface area contributed by atoms with Crippen LogP contribution in [0.15, 0.2) is 48.5 Å². The second-order valence-electron chi connectivity index (χ2n) is 15.3. The van der Waals surface area contributed by atoms with Gasteiger partial charge in [-0.1, -0.05) is 117 Å². The number of rotatable bonds is 20. The quantitative estimate of drug-likeness (QED) is 0.105. The number of benzene rings is 2. The van der Waals surface area contributed by atoms with Crippen LogP contribution in [0.1, 0.15) is 146 Å². The molecule has 3 fully saturated rings. The number of carbonyl (C=O) groups is 10. The number of aliphatic carboxylic acids is 1. The molecule has 0 bridgehead atoms. The van der Waals surface area contributed by atoms with Crippen molar-refractivity contribution in [1.29, 1.82) is 0 Å². The number of hydroxylamine groups is 6. The van der Waals surface area contributed by atoms with Crippen molar-refractivity contribution < 1.29 is 72.3 Å². The smallest absolute Gasteiger partial charge is 0.481 e. The minimum absolute atomic E-state index is 0.0431. The van der Waals surface area contributed by atoms with Gasteiger partial charge in [-0.05, 0) is 41.5 Å². The van der Waals surface area contributed by atoms with Crippen molar-refractivity contribution in [3.8, 4) is 11.1 Å². The molecular formula is C45H56N4O15. The molecule has 3 saturated heterocycles. The van der Waals surface area contributed by atoms with Crippen molar-refractivity contribution in [1.82, 2.24) is 20.5 Å². The van der Waals surface area contributed by atoms with Gasteiger partial charge in [0.25, 0.3) is 35.4 Å². The summed E-state index contributed by atoms with van der Waals surface area (Å²) in [6, 6.07) is 16.5. The Bertz CT molecular complexity index is 1890. The van der Waals surface area contributed by atoms with Crippen LogP contribution in [-0.4, -0.2) is 93.1 Å². The van der Waals surface area contributed by atoms with Crippen LogP contribution in [0.2, 0.25) is 0 Å². The van der Waals surface area contributed by atoms with Gasteiger partial charge in [0.1, 0.15) is 6.61 Å². The third-order valence-corrected chi connectivity index (χ3v) is 10.5. The predicted octanol–water partition coefficient (Wildman–Crippen LogP) is 6.56. The number of carboxylic acids is 1. The highest BCUT2D eigenvalue weighted by Crippen LogP contribution is 2.44. The van der Waals surface area contributed by atoms with E-state index in [9.17, 15) is 47.9 Å². The molecule has 0 saturated carbocycles. The zero-order valence-electron chi connectivity index (χ0n) is 36.0. The molecule has 0 aromatic heterocycles. The molecule has 0 spiro atoms. The monoisotopic (exact) mass is 892 g/mol. The number of carboxylic acid groups (broad SMARTS) is 1. The molecule has 19 heteroatoms. The lowest BCUT2D eigenvalue weighted by Crippen LogP contribution is -2.37. The Hall–Kier alpha value is -6.66. The number of nitrogens with one attached hydrogen (secondary N) is 1. The van der Waals surface area contributed by atoms with Crippen LogP contribution in [0.25, 0.3) is 11.1 Å². The van der Waals surface area contributed by atoms with Crippen LogP contribution in [0.3, 0.4) is 0 Å². The van der Waals surface area contributed by atoms with Crippen LogP contribution in [0.5, 0.6) is 0 Å². The molecule has 4 aliphatic rings. The first-order chi connectivity index (χ1) is 30.8. The third kappa shape index (κ3) is 15.6. The Morgan fingerprint density at radius 1 is 0.562 bits per heavy atom. The SMILES string of the molecule is CCCCCCCCC(=O)O.O=C(CCCCCCCNC(=O)OCC1c2ccccc2-c2ccccc21)ON1C(=O)CCC1=O.O=C(ON1C(=O)CCC1=O)ON1C(=O)CCC1=O. The first-order valence-electron chi connectivity index (χ1n) is 21.8. The number of imide groups is 3. The summed E-state index contributed by atoms with van der Waals surface area (Å²) in [5, 5.41) is 12.2. The molecule has 2 aromatic carbocycles. The van der Waals surface area contributed by atoms with Gasteiger partial charge in [0, 0.05) is 63.8 Å². The highest BCUT2D eigenvalue weighted by molar-refractivity contribution is 6.03. The van der Waals surface area contributed by atoms with Gasteiger partial charge in [0.2, 0.25) is 0 Å². The maximum absolute atomic E-state index is 12.2. The lowest BCUT2D eigenvalue weighted by Gasteiger charge is -2.15. The summed E-state index contributed by atoms with van der Waals surface area (Å²) < 4.78 is 5.53. The Labute approximate surface area is 370 Å². The van der Waals surface area contributed by atoms with E-state index in [1.54, 1.807) is 0 Å². The van der Waals surface area contributed by atoms with Gasteiger partial charge in [-0.15, -0.1) is 5.06 Å². The molecule has 2 N–H and O–H groups in total. The fourth-order valence-electron chi connectivity index (χ4n) is 7.11. The number of hydrogen-bond donors (Lipinski definition) is 2. The minimum Gasteiger partial charge on any atom is -0.481 e. The fourth-order valence-corrected chi connectivity index (χ4v) is 7.11. The first-order valence-corrected chi connectivity index (χ1v) is 21.8. The number of nitrogens with zero attached hydrogens (tertiary/aromatic N) is 3. The van der Waals surface area contributed by atoms with Gasteiger partial charge < -0.3 is 20.0 Å². The van der Waals surface area contributed by atoms with E-state index in [1.807, 2.05) is 24.3 Å². The lowest BCUT2D eigenvalue weighted by atomic mass is 9.98. The average Bonchev–Trinajstić information content (AvgIpc) is 3.99. The average molecular weight is 893 g/mol. The largest absolute Gasteiger partial charge is 0.560 e. The van der Waals surface area contributed by atoms with E-state index in [1.165, 1.54) is 47.9 Å². The summed E-state index contributed by atoms with van der Waals surface area (Å²) in [6.07, 6.45) is 9.51. The molecule has 6 rings (SSSR count). The molecule has 19 nitrogen and oxygen atoms in total. The van der Waals surface area contributed by atoms with E-state index in [-0.39, 0.29) is 61.0 Å². The van der Waals surface area contributed by atoms with Crippen molar-refractivity contribution in [2.45, 2.75) is 135 Å².